The lowest BCUT2D eigenvalue weighted by Crippen LogP contribution is -2.30. The van der Waals surface area contributed by atoms with Crippen molar-refractivity contribution in [2.75, 3.05) is 13.1 Å². The summed E-state index contributed by atoms with van der Waals surface area (Å²) in [6.45, 7) is 6.62. The van der Waals surface area contributed by atoms with Gasteiger partial charge < -0.3 is 4.57 Å². The lowest BCUT2D eigenvalue weighted by molar-refractivity contribution is 0.213. The third-order valence-corrected chi connectivity index (χ3v) is 3.37. The highest BCUT2D eigenvalue weighted by Crippen LogP contribution is 2.15. The van der Waals surface area contributed by atoms with Gasteiger partial charge in [-0.1, -0.05) is 6.42 Å². The van der Waals surface area contributed by atoms with Crippen LogP contribution >= 0.6 is 15.9 Å². The summed E-state index contributed by atoms with van der Waals surface area (Å²) in [5, 5.41) is 0. The Balaban J connectivity index is 2.02. The second kappa shape index (κ2) is 5.12. The summed E-state index contributed by atoms with van der Waals surface area (Å²) in [6.07, 6.45) is 6.14. The first-order valence-electron chi connectivity index (χ1n) is 5.73. The molecule has 0 N–H and O–H groups in total. The Labute approximate surface area is 99.6 Å². The van der Waals surface area contributed by atoms with Crippen molar-refractivity contribution in [2.24, 2.45) is 0 Å². The van der Waals surface area contributed by atoms with Crippen molar-refractivity contribution in [3.8, 4) is 0 Å². The van der Waals surface area contributed by atoms with Gasteiger partial charge in [0.2, 0.25) is 0 Å². The molecule has 1 aromatic rings. The summed E-state index contributed by atoms with van der Waals surface area (Å²) < 4.78 is 3.18. The molecule has 4 heteroatoms. The van der Waals surface area contributed by atoms with Crippen LogP contribution in [0.15, 0.2) is 10.8 Å². The van der Waals surface area contributed by atoms with Crippen molar-refractivity contribution < 1.29 is 0 Å². The summed E-state index contributed by atoms with van der Waals surface area (Å²) in [5.41, 5.74) is 0. The smallest absolute Gasteiger partial charge is 0.124 e. The Morgan fingerprint density at radius 1 is 1.33 bits per heavy atom. The Bertz CT molecular complexity index is 316. The predicted molar refractivity (Wildman–Crippen MR) is 64.7 cm³/mol. The molecule has 0 aliphatic carbocycles. The monoisotopic (exact) mass is 271 g/mol. The van der Waals surface area contributed by atoms with E-state index in [-0.39, 0.29) is 0 Å². The number of piperidine rings is 1. The summed E-state index contributed by atoms with van der Waals surface area (Å²) in [5.74, 6) is 1.19. The van der Waals surface area contributed by atoms with Gasteiger partial charge >= 0.3 is 0 Å². The van der Waals surface area contributed by atoms with Crippen molar-refractivity contribution in [2.45, 2.75) is 39.3 Å². The maximum absolute atomic E-state index is 4.51. The minimum absolute atomic E-state index is 0.955. The second-order valence-electron chi connectivity index (χ2n) is 4.10. The van der Waals surface area contributed by atoms with Crippen molar-refractivity contribution in [1.29, 1.82) is 0 Å². The number of aryl methyl sites for hydroxylation is 1. The molecule has 1 aliphatic heterocycles. The van der Waals surface area contributed by atoms with Crippen LogP contribution in [0.4, 0.5) is 0 Å². The Morgan fingerprint density at radius 2 is 2.07 bits per heavy atom. The molecule has 15 heavy (non-hydrogen) atoms. The molecule has 1 aliphatic rings. The fourth-order valence-electron chi connectivity index (χ4n) is 2.14. The van der Waals surface area contributed by atoms with Gasteiger partial charge in [-0.2, -0.15) is 0 Å². The van der Waals surface area contributed by atoms with E-state index < -0.39 is 0 Å². The average molecular weight is 272 g/mol. The molecule has 0 radical (unpaired) electrons. The maximum atomic E-state index is 4.51. The van der Waals surface area contributed by atoms with Crippen LogP contribution in [0.5, 0.6) is 0 Å². The van der Waals surface area contributed by atoms with Gasteiger partial charge in [0.25, 0.3) is 0 Å². The number of hydrogen-bond donors (Lipinski definition) is 0. The molecule has 0 amide bonds. The van der Waals surface area contributed by atoms with Crippen LogP contribution in [0.2, 0.25) is 0 Å². The van der Waals surface area contributed by atoms with Crippen molar-refractivity contribution in [3.05, 3.63) is 16.6 Å². The lowest BCUT2D eigenvalue weighted by Gasteiger charge is -2.26. The molecule has 1 saturated heterocycles. The van der Waals surface area contributed by atoms with Crippen LogP contribution in [0.1, 0.15) is 32.0 Å². The average Bonchev–Trinajstić information content (AvgIpc) is 2.60. The first kappa shape index (κ1) is 11.1. The number of halogens is 1. The number of aromatic nitrogens is 2. The van der Waals surface area contributed by atoms with E-state index in [0.717, 1.165) is 17.7 Å². The number of likely N-dealkylation sites (tertiary alicyclic amines) is 1. The molecule has 0 bridgehead atoms. The van der Waals surface area contributed by atoms with Crippen molar-refractivity contribution in [1.82, 2.24) is 14.5 Å². The zero-order chi connectivity index (χ0) is 10.7. The fraction of sp³-hybridized carbons (Fsp3) is 0.727. The molecular formula is C11H18BrN3. The maximum Gasteiger partial charge on any atom is 0.124 e. The minimum Gasteiger partial charge on any atom is -0.333 e. The van der Waals surface area contributed by atoms with Crippen LogP contribution in [0.25, 0.3) is 0 Å². The predicted octanol–water partition coefficient (Wildman–Crippen LogP) is 2.65. The summed E-state index contributed by atoms with van der Waals surface area (Å²) >= 11 is 3.44. The van der Waals surface area contributed by atoms with Gasteiger partial charge in [0.05, 0.1) is 6.54 Å². The largest absolute Gasteiger partial charge is 0.333 e. The standard InChI is InChI=1S/C11H18BrN3/c1-2-15-8-10(12)13-11(15)9-14-6-4-3-5-7-14/h8H,2-7,9H2,1H3. The van der Waals surface area contributed by atoms with E-state index in [1.54, 1.807) is 0 Å². The zero-order valence-corrected chi connectivity index (χ0v) is 10.8. The highest BCUT2D eigenvalue weighted by molar-refractivity contribution is 9.10. The molecule has 0 spiro atoms. The van der Waals surface area contributed by atoms with Crippen molar-refractivity contribution in [3.63, 3.8) is 0 Å². The molecule has 1 fully saturated rings. The van der Waals surface area contributed by atoms with E-state index in [2.05, 4.69) is 43.5 Å². The summed E-state index contributed by atoms with van der Waals surface area (Å²) in [4.78, 5) is 7.02. The highest BCUT2D eigenvalue weighted by atomic mass is 79.9. The van der Waals surface area contributed by atoms with Gasteiger partial charge in [0.1, 0.15) is 10.4 Å². The second-order valence-corrected chi connectivity index (χ2v) is 4.92. The van der Waals surface area contributed by atoms with Gasteiger partial charge in [0, 0.05) is 12.7 Å². The minimum atomic E-state index is 0.955. The first-order valence-corrected chi connectivity index (χ1v) is 6.53. The topological polar surface area (TPSA) is 21.1 Å². The van der Waals surface area contributed by atoms with Gasteiger partial charge in [-0.05, 0) is 48.8 Å². The molecule has 0 unspecified atom stereocenters. The van der Waals surface area contributed by atoms with Crippen LogP contribution < -0.4 is 0 Å². The Hall–Kier alpha value is -0.350. The van der Waals surface area contributed by atoms with E-state index in [0.29, 0.717) is 0 Å². The van der Waals surface area contributed by atoms with Gasteiger partial charge in [0.15, 0.2) is 0 Å². The van der Waals surface area contributed by atoms with Gasteiger partial charge in [-0.25, -0.2) is 4.98 Å². The van der Waals surface area contributed by atoms with E-state index in [4.69, 9.17) is 0 Å². The van der Waals surface area contributed by atoms with Crippen LogP contribution in [-0.2, 0) is 13.1 Å². The number of imidazole rings is 1. The molecule has 2 rings (SSSR count). The lowest BCUT2D eigenvalue weighted by atomic mass is 10.1. The number of hydrogen-bond acceptors (Lipinski definition) is 2. The van der Waals surface area contributed by atoms with E-state index in [9.17, 15) is 0 Å². The van der Waals surface area contributed by atoms with E-state index >= 15 is 0 Å². The van der Waals surface area contributed by atoms with E-state index in [1.807, 2.05) is 0 Å². The molecule has 1 aromatic heterocycles. The number of rotatable bonds is 3. The zero-order valence-electron chi connectivity index (χ0n) is 9.25. The fourth-order valence-corrected chi connectivity index (χ4v) is 2.59. The molecule has 0 aromatic carbocycles. The molecule has 0 atom stereocenters. The SMILES string of the molecule is CCn1cc(Br)nc1CN1CCCCC1. The third kappa shape index (κ3) is 2.82. The molecule has 3 nitrogen and oxygen atoms in total. The molecule has 84 valence electrons. The van der Waals surface area contributed by atoms with Crippen LogP contribution in [0.3, 0.4) is 0 Å². The Kier molecular flexibility index (Phi) is 3.81. The normalized spacial score (nSPS) is 18.3. The van der Waals surface area contributed by atoms with Crippen LogP contribution in [0, 0.1) is 0 Å². The Morgan fingerprint density at radius 3 is 2.73 bits per heavy atom. The number of nitrogens with zero attached hydrogens (tertiary/aromatic N) is 3. The van der Waals surface area contributed by atoms with E-state index in [1.165, 1.54) is 38.2 Å². The van der Waals surface area contributed by atoms with Gasteiger partial charge in [-0.3, -0.25) is 4.90 Å². The van der Waals surface area contributed by atoms with Crippen LogP contribution in [-0.4, -0.2) is 27.5 Å². The summed E-state index contributed by atoms with van der Waals surface area (Å²) in [7, 11) is 0. The third-order valence-electron chi connectivity index (χ3n) is 2.98. The quantitative estimate of drug-likeness (QED) is 0.843. The highest BCUT2D eigenvalue weighted by Gasteiger charge is 2.13. The first-order chi connectivity index (χ1) is 7.29. The molecular weight excluding hydrogens is 254 g/mol. The molecule has 2 heterocycles. The van der Waals surface area contributed by atoms with Crippen molar-refractivity contribution >= 4 is 15.9 Å². The van der Waals surface area contributed by atoms with Gasteiger partial charge in [-0.15, -0.1) is 0 Å². The molecule has 0 saturated carbocycles. The summed E-state index contributed by atoms with van der Waals surface area (Å²) in [6, 6.07) is 0.